The lowest BCUT2D eigenvalue weighted by Gasteiger charge is -2.71. The summed E-state index contributed by atoms with van der Waals surface area (Å²) in [6, 6.07) is 0. The standard InChI is InChI=1S/C22H34O7/c1-8-19(5)11-14(25)22(27)20(6)13(24)9-10-18(3,4)16(20)15(26)17(28-12(2)23)21(22,7)29-19/h8,13,15-17,24,26-27H,1,9-11H2,2-7H3/t13-,15+,16+,17+,19+,20+,21-,22+/m1/s1. The SMILES string of the molecule is C=C[C@@]1(C)CC(=O)[C@]2(O)[C@@]3(C)[C@H](O)CCC(C)(C)[C@@H]3[C@H](O)[C@H](OC(C)=O)[C@@]2(C)O1. The van der Waals surface area contributed by atoms with Gasteiger partial charge in [0.05, 0.1) is 17.8 Å². The molecule has 3 N–H and O–H groups in total. The molecule has 8 atom stereocenters. The van der Waals surface area contributed by atoms with Gasteiger partial charge in [-0.2, -0.15) is 0 Å². The monoisotopic (exact) mass is 410 g/mol. The van der Waals surface area contributed by atoms with Gasteiger partial charge in [-0.3, -0.25) is 9.59 Å². The predicted octanol–water partition coefficient (Wildman–Crippen LogP) is 1.52. The van der Waals surface area contributed by atoms with Crippen molar-refractivity contribution in [3.05, 3.63) is 12.7 Å². The first-order valence-electron chi connectivity index (χ1n) is 10.2. The number of esters is 1. The summed E-state index contributed by atoms with van der Waals surface area (Å²) in [5.41, 5.74) is -7.00. The third kappa shape index (κ3) is 2.63. The number of carbonyl (C=O) groups is 2. The van der Waals surface area contributed by atoms with Gasteiger partial charge in [0.2, 0.25) is 0 Å². The molecule has 0 spiro atoms. The number of hydrogen-bond donors (Lipinski definition) is 3. The van der Waals surface area contributed by atoms with Crippen molar-refractivity contribution >= 4 is 11.8 Å². The van der Waals surface area contributed by atoms with Crippen LogP contribution < -0.4 is 0 Å². The van der Waals surface area contributed by atoms with Crippen LogP contribution in [0.25, 0.3) is 0 Å². The van der Waals surface area contributed by atoms with Crippen LogP contribution in [0.3, 0.4) is 0 Å². The van der Waals surface area contributed by atoms with E-state index in [1.54, 1.807) is 13.8 Å². The van der Waals surface area contributed by atoms with Crippen molar-refractivity contribution < 1.29 is 34.4 Å². The van der Waals surface area contributed by atoms with Gasteiger partial charge in [-0.1, -0.05) is 26.8 Å². The minimum Gasteiger partial charge on any atom is -0.457 e. The molecule has 1 saturated heterocycles. The second-order valence-corrected chi connectivity index (χ2v) is 10.4. The summed E-state index contributed by atoms with van der Waals surface area (Å²) in [5.74, 6) is -1.87. The molecule has 0 aromatic carbocycles. The average molecular weight is 411 g/mol. The van der Waals surface area contributed by atoms with E-state index in [-0.39, 0.29) is 6.42 Å². The Bertz CT molecular complexity index is 747. The molecule has 1 aliphatic heterocycles. The number of aliphatic hydroxyl groups excluding tert-OH is 2. The topological polar surface area (TPSA) is 113 Å². The summed E-state index contributed by atoms with van der Waals surface area (Å²) in [6.07, 6.45) is -1.29. The van der Waals surface area contributed by atoms with E-state index in [1.165, 1.54) is 19.9 Å². The largest absolute Gasteiger partial charge is 0.457 e. The van der Waals surface area contributed by atoms with E-state index < -0.39 is 63.6 Å². The van der Waals surface area contributed by atoms with Crippen LogP contribution in [0.1, 0.15) is 60.8 Å². The Morgan fingerprint density at radius 1 is 1.24 bits per heavy atom. The first kappa shape index (κ1) is 22.4. The highest BCUT2D eigenvalue weighted by molar-refractivity contribution is 5.92. The quantitative estimate of drug-likeness (QED) is 0.467. The summed E-state index contributed by atoms with van der Waals surface area (Å²) in [7, 11) is 0. The van der Waals surface area contributed by atoms with Gasteiger partial charge in [-0.05, 0) is 32.1 Å². The van der Waals surface area contributed by atoms with E-state index in [1.807, 2.05) is 13.8 Å². The van der Waals surface area contributed by atoms with Crippen molar-refractivity contribution in [1.82, 2.24) is 0 Å². The molecular formula is C22H34O7. The zero-order chi connectivity index (χ0) is 22.2. The lowest BCUT2D eigenvalue weighted by molar-refractivity contribution is -0.370. The minimum absolute atomic E-state index is 0.138. The van der Waals surface area contributed by atoms with E-state index in [0.29, 0.717) is 12.8 Å². The molecule has 0 amide bonds. The van der Waals surface area contributed by atoms with E-state index >= 15 is 0 Å². The first-order valence-corrected chi connectivity index (χ1v) is 10.2. The smallest absolute Gasteiger partial charge is 0.303 e. The molecule has 3 aliphatic rings. The van der Waals surface area contributed by atoms with Crippen LogP contribution in [0, 0.1) is 16.7 Å². The van der Waals surface area contributed by atoms with E-state index in [2.05, 4.69) is 6.58 Å². The Hall–Kier alpha value is -1.28. The van der Waals surface area contributed by atoms with Crippen LogP contribution in [0.15, 0.2) is 12.7 Å². The maximum atomic E-state index is 13.6. The highest BCUT2D eigenvalue weighted by atomic mass is 16.6. The maximum absolute atomic E-state index is 13.6. The zero-order valence-corrected chi connectivity index (χ0v) is 18.2. The first-order chi connectivity index (χ1) is 13.1. The molecule has 0 bridgehead atoms. The second-order valence-electron chi connectivity index (χ2n) is 10.4. The van der Waals surface area contributed by atoms with Gasteiger partial charge in [0, 0.05) is 24.7 Å². The molecule has 164 valence electrons. The number of aliphatic hydroxyl groups is 3. The van der Waals surface area contributed by atoms with Gasteiger partial charge >= 0.3 is 5.97 Å². The molecular weight excluding hydrogens is 376 g/mol. The van der Waals surface area contributed by atoms with Gasteiger partial charge in [0.25, 0.3) is 0 Å². The number of ketones is 1. The number of fused-ring (bicyclic) bond motifs is 3. The van der Waals surface area contributed by atoms with Crippen molar-refractivity contribution in [2.75, 3.05) is 0 Å². The van der Waals surface area contributed by atoms with Crippen molar-refractivity contribution in [2.24, 2.45) is 16.7 Å². The highest BCUT2D eigenvalue weighted by Crippen LogP contribution is 2.66. The average Bonchev–Trinajstić information content (AvgIpc) is 2.59. The number of ether oxygens (including phenoxy) is 2. The molecule has 1 heterocycles. The van der Waals surface area contributed by atoms with Crippen LogP contribution in [-0.2, 0) is 19.1 Å². The third-order valence-corrected chi connectivity index (χ3v) is 8.02. The summed E-state index contributed by atoms with van der Waals surface area (Å²) >= 11 is 0. The Labute approximate surface area is 172 Å². The Balaban J connectivity index is 2.33. The van der Waals surface area contributed by atoms with E-state index in [4.69, 9.17) is 9.47 Å². The lowest BCUT2D eigenvalue weighted by Crippen LogP contribution is -2.86. The number of Topliss-reactive ketones (excluding diaryl/α,β-unsaturated/α-hetero) is 1. The van der Waals surface area contributed by atoms with Crippen molar-refractivity contribution in [1.29, 1.82) is 0 Å². The molecule has 3 rings (SSSR count). The highest BCUT2D eigenvalue weighted by Gasteiger charge is 2.81. The summed E-state index contributed by atoms with van der Waals surface area (Å²) < 4.78 is 11.8. The van der Waals surface area contributed by atoms with Crippen LogP contribution in [0.5, 0.6) is 0 Å². The van der Waals surface area contributed by atoms with Crippen LogP contribution in [0.2, 0.25) is 0 Å². The predicted molar refractivity (Wildman–Crippen MR) is 105 cm³/mol. The van der Waals surface area contributed by atoms with Crippen LogP contribution >= 0.6 is 0 Å². The number of rotatable bonds is 2. The molecule has 7 heteroatoms. The molecule has 0 unspecified atom stereocenters. The van der Waals surface area contributed by atoms with Crippen molar-refractivity contribution in [2.45, 2.75) is 95.9 Å². The molecule has 0 aromatic heterocycles. The molecule has 7 nitrogen and oxygen atoms in total. The molecule has 2 saturated carbocycles. The fourth-order valence-corrected chi connectivity index (χ4v) is 6.66. The lowest BCUT2D eigenvalue weighted by atomic mass is 9.40. The van der Waals surface area contributed by atoms with Gasteiger partial charge in [-0.25, -0.2) is 0 Å². The van der Waals surface area contributed by atoms with Gasteiger partial charge in [-0.15, -0.1) is 6.58 Å². The van der Waals surface area contributed by atoms with Gasteiger partial charge < -0.3 is 24.8 Å². The molecule has 0 aromatic rings. The molecule has 3 fully saturated rings. The fourth-order valence-electron chi connectivity index (χ4n) is 6.66. The minimum atomic E-state index is -2.18. The van der Waals surface area contributed by atoms with Crippen LogP contribution in [0.4, 0.5) is 0 Å². The number of hydrogen-bond acceptors (Lipinski definition) is 7. The molecule has 29 heavy (non-hydrogen) atoms. The molecule has 0 radical (unpaired) electrons. The van der Waals surface area contributed by atoms with Crippen molar-refractivity contribution in [3.63, 3.8) is 0 Å². The summed E-state index contributed by atoms with van der Waals surface area (Å²) in [5, 5.41) is 34.7. The second kappa shape index (κ2) is 6.36. The summed E-state index contributed by atoms with van der Waals surface area (Å²) in [4.78, 5) is 25.5. The summed E-state index contributed by atoms with van der Waals surface area (Å²) in [6.45, 7) is 13.6. The van der Waals surface area contributed by atoms with Gasteiger partial charge in [0.1, 0.15) is 5.60 Å². The maximum Gasteiger partial charge on any atom is 0.303 e. The number of carbonyl (C=O) groups excluding carboxylic acids is 2. The zero-order valence-electron chi connectivity index (χ0n) is 18.2. The Morgan fingerprint density at radius 2 is 1.83 bits per heavy atom. The fraction of sp³-hybridized carbons (Fsp3) is 0.818. The van der Waals surface area contributed by atoms with Gasteiger partial charge in [0.15, 0.2) is 17.5 Å². The Morgan fingerprint density at radius 3 is 2.34 bits per heavy atom. The third-order valence-electron chi connectivity index (χ3n) is 8.02. The van der Waals surface area contributed by atoms with Crippen molar-refractivity contribution in [3.8, 4) is 0 Å². The van der Waals surface area contributed by atoms with E-state index in [0.717, 1.165) is 0 Å². The Kier molecular flexibility index (Phi) is 4.91. The molecule has 2 aliphatic carbocycles. The normalized spacial score (nSPS) is 51.6. The van der Waals surface area contributed by atoms with Crippen LogP contribution in [-0.4, -0.2) is 62.2 Å². The van der Waals surface area contributed by atoms with E-state index in [9.17, 15) is 24.9 Å².